The molecule has 2 heteroatoms. The van der Waals surface area contributed by atoms with Crippen LogP contribution in [0.3, 0.4) is 0 Å². The van der Waals surface area contributed by atoms with Crippen molar-refractivity contribution < 1.29 is 9.53 Å². The van der Waals surface area contributed by atoms with E-state index >= 15 is 0 Å². The molecule has 2 aliphatic rings. The van der Waals surface area contributed by atoms with Crippen molar-refractivity contribution in [1.82, 2.24) is 0 Å². The molecule has 2 nitrogen and oxygen atoms in total. The van der Waals surface area contributed by atoms with Crippen LogP contribution in [0.15, 0.2) is 12.2 Å². The Bertz CT molecular complexity index is 295. The lowest BCUT2D eigenvalue weighted by atomic mass is 9.79. The third-order valence-corrected chi connectivity index (χ3v) is 4.11. The molecule has 1 saturated carbocycles. The van der Waals surface area contributed by atoms with Crippen LogP contribution in [0.2, 0.25) is 0 Å². The first kappa shape index (κ1) is 10.7. The number of carbonyl (C=O) groups excluding carboxylic acids is 1. The lowest BCUT2D eigenvalue weighted by Gasteiger charge is -2.33. The molecule has 3 atom stereocenters. The molecule has 0 aromatic heterocycles. The van der Waals surface area contributed by atoms with E-state index in [9.17, 15) is 4.79 Å². The van der Waals surface area contributed by atoms with Gasteiger partial charge in [0.05, 0.1) is 6.42 Å². The smallest absolute Gasteiger partial charge is 0.306 e. The Kier molecular flexibility index (Phi) is 2.61. The number of rotatable bonds is 3. The third-order valence-electron chi connectivity index (χ3n) is 4.11. The van der Waals surface area contributed by atoms with E-state index in [4.69, 9.17) is 4.74 Å². The van der Waals surface area contributed by atoms with E-state index in [-0.39, 0.29) is 11.6 Å². The van der Waals surface area contributed by atoms with Gasteiger partial charge < -0.3 is 4.74 Å². The van der Waals surface area contributed by atoms with Crippen molar-refractivity contribution in [3.8, 4) is 0 Å². The number of fused-ring (bicyclic) bond motifs is 1. The summed E-state index contributed by atoms with van der Waals surface area (Å²) in [6.45, 7) is 8.18. The molecule has 84 valence electrons. The largest absolute Gasteiger partial charge is 0.458 e. The van der Waals surface area contributed by atoms with Crippen molar-refractivity contribution in [3.63, 3.8) is 0 Å². The minimum atomic E-state index is -0.143. The van der Waals surface area contributed by atoms with Gasteiger partial charge in [0.25, 0.3) is 0 Å². The van der Waals surface area contributed by atoms with E-state index in [1.807, 2.05) is 0 Å². The normalized spacial score (nSPS) is 38.9. The van der Waals surface area contributed by atoms with Crippen molar-refractivity contribution in [3.05, 3.63) is 12.2 Å². The van der Waals surface area contributed by atoms with E-state index in [1.165, 1.54) is 12.0 Å². The lowest BCUT2D eigenvalue weighted by Crippen LogP contribution is -2.37. The average molecular weight is 208 g/mol. The number of allylic oxidation sites excluding steroid dienone is 1. The van der Waals surface area contributed by atoms with Gasteiger partial charge in [-0.2, -0.15) is 0 Å². The number of carbonyl (C=O) groups is 1. The van der Waals surface area contributed by atoms with Gasteiger partial charge in [0, 0.05) is 11.8 Å². The Morgan fingerprint density at radius 3 is 2.93 bits per heavy atom. The highest BCUT2D eigenvalue weighted by atomic mass is 16.6. The quantitative estimate of drug-likeness (QED) is 0.526. The van der Waals surface area contributed by atoms with Gasteiger partial charge >= 0.3 is 5.97 Å². The van der Waals surface area contributed by atoms with E-state index in [0.29, 0.717) is 18.3 Å². The Morgan fingerprint density at radius 1 is 1.60 bits per heavy atom. The predicted octanol–water partition coefficient (Wildman–Crippen LogP) is 3.07. The van der Waals surface area contributed by atoms with E-state index in [2.05, 4.69) is 20.4 Å². The molecule has 15 heavy (non-hydrogen) atoms. The number of hydrogen-bond donors (Lipinski definition) is 0. The van der Waals surface area contributed by atoms with Gasteiger partial charge in [0.15, 0.2) is 0 Å². The van der Waals surface area contributed by atoms with Crippen molar-refractivity contribution in [2.24, 2.45) is 11.8 Å². The van der Waals surface area contributed by atoms with Gasteiger partial charge in [-0.15, -0.1) is 6.58 Å². The molecular weight excluding hydrogens is 188 g/mol. The van der Waals surface area contributed by atoms with Gasteiger partial charge in [-0.05, 0) is 32.6 Å². The molecule has 1 saturated heterocycles. The number of ether oxygens (including phenoxy) is 1. The molecule has 0 N–H and O–H groups in total. The van der Waals surface area contributed by atoms with Crippen LogP contribution in [0.25, 0.3) is 0 Å². The van der Waals surface area contributed by atoms with Crippen LogP contribution in [0, 0.1) is 11.8 Å². The second-order valence-corrected chi connectivity index (χ2v) is 5.12. The first-order valence-corrected chi connectivity index (χ1v) is 5.94. The zero-order valence-corrected chi connectivity index (χ0v) is 9.71. The summed E-state index contributed by atoms with van der Waals surface area (Å²) in [6, 6.07) is 0. The minimum Gasteiger partial charge on any atom is -0.458 e. The molecule has 0 spiro atoms. The maximum atomic E-state index is 11.4. The first-order valence-electron chi connectivity index (χ1n) is 5.94. The molecule has 0 amide bonds. The molecule has 1 heterocycles. The van der Waals surface area contributed by atoms with Crippen LogP contribution < -0.4 is 0 Å². The maximum absolute atomic E-state index is 11.4. The molecule has 0 aromatic rings. The van der Waals surface area contributed by atoms with Crippen LogP contribution in [-0.4, -0.2) is 11.6 Å². The van der Waals surface area contributed by atoms with E-state index in [1.54, 1.807) is 0 Å². The summed E-state index contributed by atoms with van der Waals surface area (Å²) >= 11 is 0. The molecule has 1 aliphatic carbocycles. The van der Waals surface area contributed by atoms with Gasteiger partial charge in [0.2, 0.25) is 0 Å². The topological polar surface area (TPSA) is 26.3 Å². The minimum absolute atomic E-state index is 0.00765. The zero-order valence-electron chi connectivity index (χ0n) is 9.71. The molecule has 1 unspecified atom stereocenters. The molecule has 0 aromatic carbocycles. The summed E-state index contributed by atoms with van der Waals surface area (Å²) in [4.78, 5) is 11.4. The molecule has 2 rings (SSSR count). The monoisotopic (exact) mass is 208 g/mol. The highest BCUT2D eigenvalue weighted by Crippen LogP contribution is 2.53. The Hall–Kier alpha value is -0.790. The predicted molar refractivity (Wildman–Crippen MR) is 59.4 cm³/mol. The highest BCUT2D eigenvalue weighted by molar-refractivity contribution is 5.73. The summed E-state index contributed by atoms with van der Waals surface area (Å²) in [5.74, 6) is 0.990. The lowest BCUT2D eigenvalue weighted by molar-refractivity contribution is -0.153. The first-order chi connectivity index (χ1) is 7.08. The van der Waals surface area contributed by atoms with Crippen LogP contribution in [0.1, 0.15) is 46.0 Å². The number of hydrogen-bond acceptors (Lipinski definition) is 2. The average Bonchev–Trinajstić information content (AvgIpc) is 2.62. The molecule has 2 fully saturated rings. The Morgan fingerprint density at radius 2 is 2.33 bits per heavy atom. The van der Waals surface area contributed by atoms with Gasteiger partial charge in [0.1, 0.15) is 5.60 Å². The van der Waals surface area contributed by atoms with Crippen LogP contribution >= 0.6 is 0 Å². The summed E-state index contributed by atoms with van der Waals surface area (Å²) in [5, 5.41) is 0. The van der Waals surface area contributed by atoms with Crippen LogP contribution in [0.5, 0.6) is 0 Å². The van der Waals surface area contributed by atoms with Crippen molar-refractivity contribution in [2.75, 3.05) is 0 Å². The zero-order chi connectivity index (χ0) is 11.1. The van der Waals surface area contributed by atoms with Gasteiger partial charge in [-0.25, -0.2) is 0 Å². The summed E-state index contributed by atoms with van der Waals surface area (Å²) in [6.07, 6.45) is 4.95. The van der Waals surface area contributed by atoms with Gasteiger partial charge in [-0.3, -0.25) is 4.79 Å². The van der Waals surface area contributed by atoms with Gasteiger partial charge in [-0.1, -0.05) is 12.5 Å². The summed E-state index contributed by atoms with van der Waals surface area (Å²) < 4.78 is 5.66. The van der Waals surface area contributed by atoms with Crippen LogP contribution in [0.4, 0.5) is 0 Å². The molecule has 1 aliphatic heterocycles. The number of esters is 1. The van der Waals surface area contributed by atoms with E-state index < -0.39 is 0 Å². The summed E-state index contributed by atoms with van der Waals surface area (Å²) in [5.41, 5.74) is 1.06. The fourth-order valence-corrected chi connectivity index (χ4v) is 3.47. The fourth-order valence-electron chi connectivity index (χ4n) is 3.47. The summed E-state index contributed by atoms with van der Waals surface area (Å²) in [7, 11) is 0. The Labute approximate surface area is 91.7 Å². The molecule has 0 bridgehead atoms. The Balaban J connectivity index is 2.20. The van der Waals surface area contributed by atoms with Crippen LogP contribution in [-0.2, 0) is 9.53 Å². The second-order valence-electron chi connectivity index (χ2n) is 5.12. The van der Waals surface area contributed by atoms with E-state index in [0.717, 1.165) is 19.3 Å². The maximum Gasteiger partial charge on any atom is 0.306 e. The van der Waals surface area contributed by atoms with Crippen molar-refractivity contribution in [1.29, 1.82) is 0 Å². The standard InChI is InChI=1S/C13H20O2/c1-4-13-10(7-9(2)3)5-6-11(13)8-12(14)15-13/h10-11H,2,4-8H2,1,3H3/t10?,11-,13-/m0/s1. The highest BCUT2D eigenvalue weighted by Gasteiger charge is 2.56. The molecule has 0 radical (unpaired) electrons. The molecular formula is C13H20O2. The second kappa shape index (κ2) is 3.66. The SMILES string of the molecule is C=C(C)CC1CC[C@H]2CC(=O)O[C@@]12CC. The fraction of sp³-hybridized carbons (Fsp3) is 0.769. The third kappa shape index (κ3) is 1.60. The van der Waals surface area contributed by atoms with Crippen molar-refractivity contribution >= 4 is 5.97 Å². The van der Waals surface area contributed by atoms with Crippen molar-refractivity contribution in [2.45, 2.75) is 51.6 Å².